The molecule has 1 atom stereocenters. The standard InChI is InChI=1S/C19H15N3O6S/c1-22-6-5-19(27,18(22)26)14-8-12(21-28-14)10-3-2-4-11(7-10)16-20-15(17(24)25)13(9-23)29-16/h2-4,7-9,27H,5-6H2,1H3,(H,24,25). The van der Waals surface area contributed by atoms with Crippen LogP contribution in [0.3, 0.4) is 0 Å². The summed E-state index contributed by atoms with van der Waals surface area (Å²) in [6, 6.07) is 8.44. The Hall–Kier alpha value is -3.37. The molecule has 29 heavy (non-hydrogen) atoms. The molecular weight excluding hydrogens is 398 g/mol. The molecule has 3 aromatic rings. The maximum absolute atomic E-state index is 12.2. The molecule has 1 saturated heterocycles. The Morgan fingerprint density at radius 1 is 1.34 bits per heavy atom. The van der Waals surface area contributed by atoms with Crippen molar-refractivity contribution in [1.29, 1.82) is 0 Å². The lowest BCUT2D eigenvalue weighted by atomic mass is 9.98. The lowest BCUT2D eigenvalue weighted by Crippen LogP contribution is -2.35. The van der Waals surface area contributed by atoms with Crippen molar-refractivity contribution in [1.82, 2.24) is 15.0 Å². The van der Waals surface area contributed by atoms with Crippen LogP contribution < -0.4 is 0 Å². The van der Waals surface area contributed by atoms with E-state index in [0.29, 0.717) is 34.7 Å². The number of carbonyl (C=O) groups is 3. The van der Waals surface area contributed by atoms with Crippen LogP contribution in [-0.4, -0.2) is 57.0 Å². The number of likely N-dealkylation sites (N-methyl/N-ethyl adjacent to an activating group) is 1. The van der Waals surface area contributed by atoms with Gasteiger partial charge < -0.3 is 19.6 Å². The minimum absolute atomic E-state index is 0.0349. The Balaban J connectivity index is 1.69. The summed E-state index contributed by atoms with van der Waals surface area (Å²) in [6.45, 7) is 0.413. The molecule has 2 aromatic heterocycles. The van der Waals surface area contributed by atoms with Crippen LogP contribution in [0.25, 0.3) is 21.8 Å². The van der Waals surface area contributed by atoms with E-state index in [1.165, 1.54) is 11.0 Å². The molecule has 0 spiro atoms. The van der Waals surface area contributed by atoms with E-state index in [9.17, 15) is 19.5 Å². The SMILES string of the molecule is CN1CCC(O)(c2cc(-c3cccc(-c4nc(C(=O)O)c(C=O)s4)c3)no2)C1=O. The average molecular weight is 413 g/mol. The molecule has 0 bridgehead atoms. The van der Waals surface area contributed by atoms with Crippen molar-refractivity contribution in [3.05, 3.63) is 46.7 Å². The van der Waals surface area contributed by atoms with E-state index in [1.807, 2.05) is 0 Å². The minimum atomic E-state index is -1.73. The van der Waals surface area contributed by atoms with Crippen molar-refractivity contribution in [2.24, 2.45) is 0 Å². The predicted molar refractivity (Wildman–Crippen MR) is 102 cm³/mol. The summed E-state index contributed by atoms with van der Waals surface area (Å²) < 4.78 is 5.26. The Labute approximate surface area is 168 Å². The molecule has 148 valence electrons. The second-order valence-electron chi connectivity index (χ2n) is 6.65. The van der Waals surface area contributed by atoms with Crippen LogP contribution in [0.2, 0.25) is 0 Å². The minimum Gasteiger partial charge on any atom is -0.476 e. The van der Waals surface area contributed by atoms with E-state index >= 15 is 0 Å². The van der Waals surface area contributed by atoms with Gasteiger partial charge in [0.05, 0.1) is 0 Å². The zero-order chi connectivity index (χ0) is 20.8. The molecular formula is C19H15N3O6S. The van der Waals surface area contributed by atoms with Gasteiger partial charge in [0.1, 0.15) is 15.6 Å². The van der Waals surface area contributed by atoms with Gasteiger partial charge in [-0.25, -0.2) is 9.78 Å². The zero-order valence-corrected chi connectivity index (χ0v) is 16.0. The zero-order valence-electron chi connectivity index (χ0n) is 15.2. The lowest BCUT2D eigenvalue weighted by Gasteiger charge is -2.16. The van der Waals surface area contributed by atoms with Crippen molar-refractivity contribution in [2.75, 3.05) is 13.6 Å². The fourth-order valence-corrected chi connectivity index (χ4v) is 4.06. The number of amides is 1. The van der Waals surface area contributed by atoms with Gasteiger partial charge in [0.15, 0.2) is 17.7 Å². The Kier molecular flexibility index (Phi) is 4.52. The van der Waals surface area contributed by atoms with Crippen LogP contribution in [-0.2, 0) is 10.4 Å². The van der Waals surface area contributed by atoms with Crippen molar-refractivity contribution in [2.45, 2.75) is 12.0 Å². The number of carbonyl (C=O) groups excluding carboxylic acids is 2. The van der Waals surface area contributed by atoms with E-state index < -0.39 is 17.5 Å². The third kappa shape index (κ3) is 3.12. The number of aldehydes is 1. The third-order valence-corrected chi connectivity index (χ3v) is 5.83. The molecule has 1 amide bonds. The van der Waals surface area contributed by atoms with E-state index in [-0.39, 0.29) is 22.8 Å². The first-order valence-electron chi connectivity index (χ1n) is 8.58. The number of likely N-dealkylation sites (tertiary alicyclic amines) is 1. The van der Waals surface area contributed by atoms with Crippen LogP contribution in [0.4, 0.5) is 0 Å². The van der Waals surface area contributed by atoms with Crippen molar-refractivity contribution < 1.29 is 29.1 Å². The number of aliphatic hydroxyl groups is 1. The lowest BCUT2D eigenvalue weighted by molar-refractivity contribution is -0.144. The van der Waals surface area contributed by atoms with Crippen LogP contribution >= 0.6 is 11.3 Å². The second-order valence-corrected chi connectivity index (χ2v) is 7.68. The predicted octanol–water partition coefficient (Wildman–Crippen LogP) is 2.03. The maximum Gasteiger partial charge on any atom is 0.356 e. The summed E-state index contributed by atoms with van der Waals surface area (Å²) in [4.78, 5) is 40.1. The number of rotatable bonds is 5. The van der Waals surface area contributed by atoms with Gasteiger partial charge in [-0.05, 0) is 6.07 Å². The fourth-order valence-electron chi connectivity index (χ4n) is 3.19. The number of hydrogen-bond donors (Lipinski definition) is 2. The summed E-state index contributed by atoms with van der Waals surface area (Å²) in [7, 11) is 1.61. The van der Waals surface area contributed by atoms with Gasteiger partial charge >= 0.3 is 5.97 Å². The van der Waals surface area contributed by atoms with Crippen molar-refractivity contribution in [3.63, 3.8) is 0 Å². The van der Waals surface area contributed by atoms with Gasteiger partial charge in [-0.2, -0.15) is 0 Å². The van der Waals surface area contributed by atoms with Crippen molar-refractivity contribution in [3.8, 4) is 21.8 Å². The number of aromatic nitrogens is 2. The Morgan fingerprint density at radius 2 is 2.10 bits per heavy atom. The molecule has 3 heterocycles. The highest BCUT2D eigenvalue weighted by Gasteiger charge is 2.48. The number of thiazole rings is 1. The quantitative estimate of drug-likeness (QED) is 0.607. The highest BCUT2D eigenvalue weighted by atomic mass is 32.1. The van der Waals surface area contributed by atoms with Gasteiger partial charge in [0.25, 0.3) is 5.91 Å². The van der Waals surface area contributed by atoms with Crippen LogP contribution in [0, 0.1) is 0 Å². The number of benzene rings is 1. The summed E-state index contributed by atoms with van der Waals surface area (Å²) in [5.41, 5.74) is -0.395. The first-order valence-corrected chi connectivity index (χ1v) is 9.40. The van der Waals surface area contributed by atoms with E-state index in [2.05, 4.69) is 10.1 Å². The van der Waals surface area contributed by atoms with Gasteiger partial charge in [0.2, 0.25) is 5.60 Å². The van der Waals surface area contributed by atoms with Crippen LogP contribution in [0.15, 0.2) is 34.9 Å². The van der Waals surface area contributed by atoms with E-state index in [0.717, 1.165) is 11.3 Å². The van der Waals surface area contributed by atoms with Gasteiger partial charge in [-0.15, -0.1) is 11.3 Å². The maximum atomic E-state index is 12.2. The number of nitrogens with zero attached hydrogens (tertiary/aromatic N) is 3. The first-order chi connectivity index (χ1) is 13.8. The molecule has 9 nitrogen and oxygen atoms in total. The van der Waals surface area contributed by atoms with Gasteiger partial charge in [0, 0.05) is 37.2 Å². The van der Waals surface area contributed by atoms with Crippen LogP contribution in [0.1, 0.15) is 32.3 Å². The number of aromatic carboxylic acids is 1. The highest BCUT2D eigenvalue weighted by Crippen LogP contribution is 2.36. The van der Waals surface area contributed by atoms with Crippen molar-refractivity contribution >= 4 is 29.5 Å². The number of carboxylic acid groups (broad SMARTS) is 1. The molecule has 1 fully saturated rings. The van der Waals surface area contributed by atoms with Crippen LogP contribution in [0.5, 0.6) is 0 Å². The molecule has 0 aliphatic carbocycles. The highest BCUT2D eigenvalue weighted by molar-refractivity contribution is 7.16. The molecule has 0 saturated carbocycles. The molecule has 2 N–H and O–H groups in total. The molecule has 4 rings (SSSR count). The topological polar surface area (TPSA) is 134 Å². The Morgan fingerprint density at radius 3 is 2.72 bits per heavy atom. The van der Waals surface area contributed by atoms with Gasteiger partial charge in [-0.1, -0.05) is 23.4 Å². The third-order valence-electron chi connectivity index (χ3n) is 4.80. The van der Waals surface area contributed by atoms with E-state index in [4.69, 9.17) is 9.63 Å². The molecule has 10 heteroatoms. The average Bonchev–Trinajstić information content (AvgIpc) is 3.43. The van der Waals surface area contributed by atoms with E-state index in [1.54, 1.807) is 31.3 Å². The molecule has 0 radical (unpaired) electrons. The fraction of sp³-hybridized carbons (Fsp3) is 0.211. The number of carboxylic acids is 1. The summed E-state index contributed by atoms with van der Waals surface area (Å²) in [6.07, 6.45) is 0.678. The monoisotopic (exact) mass is 413 g/mol. The molecule has 1 aliphatic rings. The molecule has 1 aromatic carbocycles. The smallest absolute Gasteiger partial charge is 0.356 e. The summed E-state index contributed by atoms with van der Waals surface area (Å²) in [5.74, 6) is -1.65. The Bertz CT molecular complexity index is 1140. The molecule has 1 aliphatic heterocycles. The number of hydrogen-bond acceptors (Lipinski definition) is 8. The largest absolute Gasteiger partial charge is 0.476 e. The normalized spacial score (nSPS) is 19.0. The second kappa shape index (κ2) is 6.90. The first kappa shape index (κ1) is 19.0. The van der Waals surface area contributed by atoms with Gasteiger partial charge in [-0.3, -0.25) is 9.59 Å². The summed E-state index contributed by atoms with van der Waals surface area (Å²) >= 11 is 0.976. The summed E-state index contributed by atoms with van der Waals surface area (Å²) in [5, 5.41) is 24.2. The molecule has 1 unspecified atom stereocenters.